The van der Waals surface area contributed by atoms with E-state index in [0.717, 1.165) is 42.4 Å². The summed E-state index contributed by atoms with van der Waals surface area (Å²) in [6.07, 6.45) is 22.1. The average Bonchev–Trinajstić information content (AvgIpc) is 4.25. The summed E-state index contributed by atoms with van der Waals surface area (Å²) >= 11 is 0. The third kappa shape index (κ3) is 12.3. The van der Waals surface area contributed by atoms with E-state index < -0.39 is 34.5 Å². The van der Waals surface area contributed by atoms with Gasteiger partial charge in [-0.25, -0.2) is 0 Å². The molecule has 0 heterocycles. The molecule has 13 unspecified atom stereocenters. The summed E-state index contributed by atoms with van der Waals surface area (Å²) in [6, 6.07) is 0. The third-order valence-electron chi connectivity index (χ3n) is 17.9. The van der Waals surface area contributed by atoms with Crippen LogP contribution in [0.1, 0.15) is 171 Å². The number of rotatable bonds is 38. The van der Waals surface area contributed by atoms with E-state index in [1.54, 1.807) is 0 Å². The zero-order valence-electron chi connectivity index (χ0n) is 44.9. The second-order valence-electron chi connectivity index (χ2n) is 21.3. The SMILES string of the molecule is CCO[Si](OCC)(OCC)C1(SSSSSSS(CCC2CC3CCC2C3)(SSSSSC2([Si](OCC)(OCC)OCC)CC3CCC2C3)C2([Si](OCC)(OCC)OCC)CC3CCC2C3)CC2CCC1C2. The highest BCUT2D eigenvalue weighted by Crippen LogP contribution is 2.91. The minimum Gasteiger partial charge on any atom is -0.373 e. The molecule has 8 fully saturated rings. The predicted molar refractivity (Wildman–Crippen MR) is 336 cm³/mol. The topological polar surface area (TPSA) is 83.1 Å². The molecule has 420 valence electrons. The van der Waals surface area contributed by atoms with Crippen molar-refractivity contribution in [3.63, 3.8) is 0 Å². The minimum atomic E-state index is -3.27. The molecule has 8 saturated carbocycles. The first-order chi connectivity index (χ1) is 35.1. The first kappa shape index (κ1) is 62.5. The number of hydrogen-bond acceptors (Lipinski definition) is 20. The van der Waals surface area contributed by atoms with E-state index in [-0.39, 0.29) is 13.1 Å². The summed E-state index contributed by atoms with van der Waals surface area (Å²) in [7, 11) is 11.8. The van der Waals surface area contributed by atoms with Gasteiger partial charge in [-0.05, 0) is 293 Å². The van der Waals surface area contributed by atoms with Crippen LogP contribution in [-0.4, -0.2) is 105 Å². The molecular formula is C48H90O9S12Si3. The Morgan fingerprint density at radius 3 is 1.12 bits per heavy atom. The van der Waals surface area contributed by atoms with Crippen LogP contribution in [0, 0.1) is 53.3 Å². The average molecular weight is 1280 g/mol. The zero-order chi connectivity index (χ0) is 50.9. The summed E-state index contributed by atoms with van der Waals surface area (Å²) < 4.78 is 62.4. The van der Waals surface area contributed by atoms with Crippen LogP contribution < -0.4 is 0 Å². The van der Waals surface area contributed by atoms with Crippen LogP contribution in [-0.2, 0) is 39.8 Å². The Kier molecular flexibility index (Phi) is 25.1. The number of fused-ring (bicyclic) bond motifs is 8. The zero-order valence-corrected chi connectivity index (χ0v) is 57.7. The van der Waals surface area contributed by atoms with Crippen molar-refractivity contribution < 1.29 is 39.8 Å². The molecule has 13 atom stereocenters. The molecule has 8 rings (SSSR count). The van der Waals surface area contributed by atoms with E-state index in [9.17, 15) is 0 Å². The van der Waals surface area contributed by atoms with Crippen LogP contribution in [0.2, 0.25) is 0 Å². The highest BCUT2D eigenvalue weighted by atomic mass is 34.0. The van der Waals surface area contributed by atoms with Crippen molar-refractivity contribution in [2.45, 2.75) is 185 Å². The summed E-state index contributed by atoms with van der Waals surface area (Å²) in [5, 5.41) is 0. The van der Waals surface area contributed by atoms with Crippen LogP contribution in [0.4, 0.5) is 0 Å². The van der Waals surface area contributed by atoms with E-state index >= 15 is 0 Å². The van der Waals surface area contributed by atoms with Crippen LogP contribution in [0.5, 0.6) is 0 Å². The van der Waals surface area contributed by atoms with Gasteiger partial charge in [0.05, 0.1) is 4.37 Å². The fourth-order valence-electron chi connectivity index (χ4n) is 15.7. The van der Waals surface area contributed by atoms with Gasteiger partial charge in [0.25, 0.3) is 0 Å². The lowest BCUT2D eigenvalue weighted by atomic mass is 9.87. The summed E-state index contributed by atoms with van der Waals surface area (Å²) in [5.74, 6) is 7.77. The van der Waals surface area contributed by atoms with E-state index in [1.165, 1.54) is 102 Å². The molecule has 0 radical (unpaired) electrons. The minimum absolute atomic E-state index is 0.110. The molecule has 0 aromatic carbocycles. The van der Waals surface area contributed by atoms with Gasteiger partial charge in [-0.3, -0.25) is 0 Å². The highest BCUT2D eigenvalue weighted by Gasteiger charge is 2.77. The molecule has 24 heteroatoms. The largest absolute Gasteiger partial charge is 0.519 e. The smallest absolute Gasteiger partial charge is 0.373 e. The lowest BCUT2D eigenvalue weighted by molar-refractivity contribution is 0.0490. The van der Waals surface area contributed by atoms with Gasteiger partial charge < -0.3 is 39.8 Å². The van der Waals surface area contributed by atoms with E-state index in [1.807, 2.05) is 49.1 Å². The summed E-state index contributed by atoms with van der Waals surface area (Å²) in [4.78, 5) is 0. The fraction of sp³-hybridized carbons (Fsp3) is 1.00. The maximum Gasteiger partial charge on any atom is 0.519 e. The third-order valence-corrected chi connectivity index (χ3v) is 69.2. The molecule has 0 saturated heterocycles. The first-order valence-corrected chi connectivity index (χ1v) is 49.7. The van der Waals surface area contributed by atoms with Crippen LogP contribution >= 0.6 is 118 Å². The Morgan fingerprint density at radius 2 is 0.778 bits per heavy atom. The van der Waals surface area contributed by atoms with Crippen molar-refractivity contribution in [1.82, 2.24) is 0 Å². The molecule has 0 aromatic heterocycles. The molecule has 8 bridgehead atoms. The molecule has 0 aliphatic heterocycles. The van der Waals surface area contributed by atoms with Gasteiger partial charge >= 0.3 is 26.4 Å². The molecule has 9 nitrogen and oxygen atoms in total. The van der Waals surface area contributed by atoms with Crippen molar-refractivity contribution in [1.29, 1.82) is 0 Å². The lowest BCUT2D eigenvalue weighted by Crippen LogP contribution is -2.68. The molecule has 0 amide bonds. The molecule has 8 aliphatic rings. The summed E-state index contributed by atoms with van der Waals surface area (Å²) in [5.41, 5.74) is 0. The normalized spacial score (nSPS) is 36.2. The van der Waals surface area contributed by atoms with Gasteiger partial charge in [0.15, 0.2) is 0 Å². The van der Waals surface area contributed by atoms with Crippen molar-refractivity contribution in [3.8, 4) is 0 Å². The van der Waals surface area contributed by atoms with Gasteiger partial charge in [0, 0.05) is 59.5 Å². The van der Waals surface area contributed by atoms with Gasteiger partial charge in [-0.2, -0.15) is 0 Å². The van der Waals surface area contributed by atoms with E-state index in [2.05, 4.69) is 123 Å². The summed E-state index contributed by atoms with van der Waals surface area (Å²) in [6.45, 7) is 24.9. The van der Waals surface area contributed by atoms with Crippen molar-refractivity contribution in [3.05, 3.63) is 0 Å². The predicted octanol–water partition coefficient (Wildman–Crippen LogP) is 18.2. The van der Waals surface area contributed by atoms with Gasteiger partial charge in [0.1, 0.15) is 8.74 Å². The quantitative estimate of drug-likeness (QED) is 0.0334. The standard InChI is InChI=1S/C48H90O9S12Si3/c1-10-49-70(50-11-2,51-12-3)46(34-38-20-24-43(46)31-38)58-60-62-64-66-68-69(28-27-42-30-37-19-23-41(42)29-37,48(36-40-22-26-45(48)33-40)72(55-16-7,56-17-8)57-18-9)67-65-63-61-59-47(35-39-21-25-44(47)32-39)71(52-13-4,53-14-5)54-15-6/h37-45H,10-36H2,1-9H3. The van der Waals surface area contributed by atoms with Crippen molar-refractivity contribution in [2.24, 2.45) is 53.3 Å². The molecule has 8 aliphatic carbocycles. The second-order valence-corrected chi connectivity index (χ2v) is 56.1. The van der Waals surface area contributed by atoms with Gasteiger partial charge in [0.2, 0.25) is 0 Å². The van der Waals surface area contributed by atoms with Gasteiger partial charge in [-0.1, -0.05) is 47.3 Å². The highest BCUT2D eigenvalue weighted by molar-refractivity contribution is 9.60. The Balaban J connectivity index is 1.09. The Morgan fingerprint density at radius 1 is 0.389 bits per heavy atom. The second kappa shape index (κ2) is 28.9. The monoisotopic (exact) mass is 1280 g/mol. The van der Waals surface area contributed by atoms with Crippen LogP contribution in [0.25, 0.3) is 0 Å². The van der Waals surface area contributed by atoms with Gasteiger partial charge in [-0.15, -0.1) is 8.09 Å². The van der Waals surface area contributed by atoms with Crippen LogP contribution in [0.15, 0.2) is 0 Å². The Labute approximate surface area is 482 Å². The van der Waals surface area contributed by atoms with E-state index in [0.29, 0.717) is 83.1 Å². The molecular weight excluding hydrogens is 1190 g/mol. The molecule has 72 heavy (non-hydrogen) atoms. The molecule has 0 spiro atoms. The lowest BCUT2D eigenvalue weighted by Gasteiger charge is -2.59. The molecule has 0 aromatic rings. The maximum absolute atomic E-state index is 7.31. The molecule has 0 N–H and O–H groups in total. The Bertz CT molecular complexity index is 1630. The maximum atomic E-state index is 7.31. The Hall–Kier alpha value is 4.49. The van der Waals surface area contributed by atoms with Crippen LogP contribution in [0.3, 0.4) is 0 Å². The van der Waals surface area contributed by atoms with E-state index in [4.69, 9.17) is 39.8 Å². The van der Waals surface area contributed by atoms with Crippen molar-refractivity contribution in [2.75, 3.05) is 65.2 Å². The fourth-order valence-corrected chi connectivity index (χ4v) is 81.7. The van der Waals surface area contributed by atoms with Crippen molar-refractivity contribution >= 4 is 145 Å². The first-order valence-electron chi connectivity index (χ1n) is 28.0. The number of hydrogen-bond donors (Lipinski definition) is 0.